The average Bonchev–Trinajstić information content (AvgIpc) is 3.26. The molecule has 1 aliphatic carbocycles. The second kappa shape index (κ2) is 8.03. The van der Waals surface area contributed by atoms with Crippen LogP contribution in [0.1, 0.15) is 39.5 Å². The Morgan fingerprint density at radius 2 is 2.00 bits per heavy atom. The molecule has 0 saturated heterocycles. The lowest BCUT2D eigenvalue weighted by Gasteiger charge is -2.10. The molecule has 2 N–H and O–H groups in total. The number of fused-ring (bicyclic) bond motifs is 2. The van der Waals surface area contributed by atoms with Crippen molar-refractivity contribution in [2.45, 2.75) is 33.1 Å². The Bertz CT molecular complexity index is 1040. The van der Waals surface area contributed by atoms with Crippen molar-refractivity contribution in [3.8, 4) is 5.88 Å². The topological polar surface area (TPSA) is 127 Å². The molecule has 4 rings (SSSR count). The fraction of sp³-hybridized carbons (Fsp3) is 0.316. The van der Waals surface area contributed by atoms with Gasteiger partial charge in [0.1, 0.15) is 11.3 Å². The van der Waals surface area contributed by atoms with E-state index in [1.807, 2.05) is 26.0 Å². The predicted molar refractivity (Wildman–Crippen MR) is 101 cm³/mol. The molecule has 3 heterocycles. The van der Waals surface area contributed by atoms with Gasteiger partial charge in [-0.3, -0.25) is 14.9 Å². The summed E-state index contributed by atoms with van der Waals surface area (Å²) < 4.78 is 10.8. The number of furan rings is 1. The number of hydrogen-bond acceptors (Lipinski definition) is 7. The Balaban J connectivity index is 0.000000706. The first-order valence-corrected chi connectivity index (χ1v) is 8.67. The summed E-state index contributed by atoms with van der Waals surface area (Å²) in [5, 5.41) is 10.5. The molecule has 0 radical (unpaired) electrons. The van der Waals surface area contributed by atoms with E-state index in [4.69, 9.17) is 19.1 Å². The van der Waals surface area contributed by atoms with E-state index in [0.29, 0.717) is 17.2 Å². The summed E-state index contributed by atoms with van der Waals surface area (Å²) in [7, 11) is 1.51. The van der Waals surface area contributed by atoms with Crippen molar-refractivity contribution in [2.24, 2.45) is 0 Å². The van der Waals surface area contributed by atoms with Crippen LogP contribution in [0.4, 0.5) is 5.95 Å². The van der Waals surface area contributed by atoms with Gasteiger partial charge >= 0.3 is 0 Å². The standard InChI is InChI=1S/C18H18N4O3.CH2O2/c1-9-7-12-10(2)19-18(22-17(12)25-9)21-15(23)13-8-11-5-4-6-14(11)20-16(13)24-3;2-1-3/h7-8H,4-6H2,1-3H3,(H,19,21,22,23);1H,(H,2,3). The summed E-state index contributed by atoms with van der Waals surface area (Å²) in [6.07, 6.45) is 2.90. The van der Waals surface area contributed by atoms with Gasteiger partial charge in [0, 0.05) is 5.69 Å². The van der Waals surface area contributed by atoms with Crippen LogP contribution in [0.15, 0.2) is 16.5 Å². The van der Waals surface area contributed by atoms with Crippen LogP contribution in [0.25, 0.3) is 11.1 Å². The molecule has 0 aromatic carbocycles. The number of ether oxygens (including phenoxy) is 1. The highest BCUT2D eigenvalue weighted by molar-refractivity contribution is 6.05. The largest absolute Gasteiger partial charge is 0.483 e. The van der Waals surface area contributed by atoms with E-state index >= 15 is 0 Å². The maximum Gasteiger partial charge on any atom is 0.290 e. The zero-order chi connectivity index (χ0) is 20.3. The van der Waals surface area contributed by atoms with Gasteiger partial charge in [0.2, 0.25) is 17.5 Å². The van der Waals surface area contributed by atoms with Gasteiger partial charge < -0.3 is 14.3 Å². The van der Waals surface area contributed by atoms with Crippen molar-refractivity contribution in [1.29, 1.82) is 0 Å². The first-order chi connectivity index (χ1) is 13.5. The fourth-order valence-corrected chi connectivity index (χ4v) is 3.18. The molecule has 0 atom stereocenters. The molecule has 0 bridgehead atoms. The molecule has 0 aliphatic heterocycles. The SMILES string of the molecule is COc1nc2c(cc1C(=O)Nc1nc(C)c3cc(C)oc3n1)CCC2.O=CO. The minimum atomic E-state index is -0.346. The minimum absolute atomic E-state index is 0.201. The van der Waals surface area contributed by atoms with Crippen molar-refractivity contribution in [3.05, 3.63) is 40.4 Å². The van der Waals surface area contributed by atoms with Crippen LogP contribution in [0.2, 0.25) is 0 Å². The molecule has 28 heavy (non-hydrogen) atoms. The molecule has 9 nitrogen and oxygen atoms in total. The maximum absolute atomic E-state index is 12.7. The summed E-state index contributed by atoms with van der Waals surface area (Å²) >= 11 is 0. The van der Waals surface area contributed by atoms with Crippen LogP contribution in [0.3, 0.4) is 0 Å². The second-order valence-electron chi connectivity index (χ2n) is 6.27. The highest BCUT2D eigenvalue weighted by Gasteiger charge is 2.22. The van der Waals surface area contributed by atoms with Crippen LogP contribution in [-0.4, -0.2) is 39.5 Å². The van der Waals surface area contributed by atoms with Crippen molar-refractivity contribution >= 4 is 29.4 Å². The Morgan fingerprint density at radius 1 is 1.25 bits per heavy atom. The van der Waals surface area contributed by atoms with E-state index in [1.165, 1.54) is 7.11 Å². The molecule has 1 amide bonds. The van der Waals surface area contributed by atoms with E-state index in [9.17, 15) is 4.79 Å². The Kier molecular flexibility index (Phi) is 5.53. The highest BCUT2D eigenvalue weighted by Crippen LogP contribution is 2.27. The molecule has 0 fully saturated rings. The Hall–Kier alpha value is -3.49. The number of anilines is 1. The first kappa shape index (κ1) is 19.3. The number of hydrogen-bond donors (Lipinski definition) is 2. The van der Waals surface area contributed by atoms with Crippen molar-refractivity contribution < 1.29 is 23.8 Å². The molecule has 0 unspecified atom stereocenters. The molecule has 3 aromatic heterocycles. The van der Waals surface area contributed by atoms with Crippen molar-refractivity contribution in [1.82, 2.24) is 15.0 Å². The van der Waals surface area contributed by atoms with Gasteiger partial charge in [0.05, 0.1) is 18.2 Å². The van der Waals surface area contributed by atoms with E-state index in [0.717, 1.165) is 47.4 Å². The van der Waals surface area contributed by atoms with Crippen LogP contribution in [0.5, 0.6) is 5.88 Å². The highest BCUT2D eigenvalue weighted by atomic mass is 16.5. The second-order valence-corrected chi connectivity index (χ2v) is 6.27. The van der Waals surface area contributed by atoms with Gasteiger partial charge in [-0.15, -0.1) is 0 Å². The number of nitrogens with zero attached hydrogens (tertiary/aromatic N) is 3. The van der Waals surface area contributed by atoms with Crippen molar-refractivity contribution in [2.75, 3.05) is 12.4 Å². The third-order valence-corrected chi connectivity index (χ3v) is 4.39. The fourth-order valence-electron chi connectivity index (χ4n) is 3.18. The van der Waals surface area contributed by atoms with E-state index in [1.54, 1.807) is 0 Å². The summed E-state index contributed by atoms with van der Waals surface area (Å²) in [6.45, 7) is 3.45. The zero-order valence-electron chi connectivity index (χ0n) is 15.8. The minimum Gasteiger partial charge on any atom is -0.483 e. The lowest BCUT2D eigenvalue weighted by Crippen LogP contribution is -2.17. The number of aromatic nitrogens is 3. The normalized spacial score (nSPS) is 12.1. The smallest absolute Gasteiger partial charge is 0.290 e. The number of rotatable bonds is 3. The van der Waals surface area contributed by atoms with Crippen LogP contribution in [-0.2, 0) is 17.6 Å². The molecule has 1 aliphatic rings. The molecule has 146 valence electrons. The summed E-state index contributed by atoms with van der Waals surface area (Å²) in [5.41, 5.74) is 3.70. The van der Waals surface area contributed by atoms with Gasteiger partial charge in [-0.2, -0.15) is 4.98 Å². The number of carboxylic acid groups (broad SMARTS) is 1. The summed E-state index contributed by atoms with van der Waals surface area (Å²) in [6, 6.07) is 3.73. The molecule has 9 heteroatoms. The van der Waals surface area contributed by atoms with Crippen molar-refractivity contribution in [3.63, 3.8) is 0 Å². The summed E-state index contributed by atoms with van der Waals surface area (Å²) in [4.78, 5) is 34.2. The molecule has 0 spiro atoms. The number of carbonyl (C=O) groups excluding carboxylic acids is 1. The van der Waals surface area contributed by atoms with Crippen LogP contribution in [0, 0.1) is 13.8 Å². The Morgan fingerprint density at radius 3 is 2.71 bits per heavy atom. The number of pyridine rings is 1. The number of nitrogens with one attached hydrogen (secondary N) is 1. The number of methoxy groups -OCH3 is 1. The number of amides is 1. The van der Waals surface area contributed by atoms with Gasteiger partial charge in [-0.25, -0.2) is 9.97 Å². The van der Waals surface area contributed by atoms with Gasteiger partial charge in [-0.05, 0) is 50.8 Å². The third kappa shape index (κ3) is 3.78. The molecular formula is C19H20N4O5. The van der Waals surface area contributed by atoms with Gasteiger partial charge in [-0.1, -0.05) is 0 Å². The van der Waals surface area contributed by atoms with Gasteiger partial charge in [0.25, 0.3) is 12.4 Å². The third-order valence-electron chi connectivity index (χ3n) is 4.39. The number of aryl methyl sites for hydroxylation is 4. The van der Waals surface area contributed by atoms with Gasteiger partial charge in [0.15, 0.2) is 0 Å². The van der Waals surface area contributed by atoms with Crippen LogP contribution >= 0.6 is 0 Å². The zero-order valence-corrected chi connectivity index (χ0v) is 15.8. The van der Waals surface area contributed by atoms with E-state index in [-0.39, 0.29) is 18.3 Å². The summed E-state index contributed by atoms with van der Waals surface area (Å²) in [5.74, 6) is 0.929. The average molecular weight is 384 g/mol. The maximum atomic E-state index is 12.7. The van der Waals surface area contributed by atoms with Crippen LogP contribution < -0.4 is 10.1 Å². The predicted octanol–water partition coefficient (Wildman–Crippen LogP) is 2.69. The molecule has 0 saturated carbocycles. The molecule has 3 aromatic rings. The number of carbonyl (C=O) groups is 2. The lowest BCUT2D eigenvalue weighted by molar-refractivity contribution is -0.122. The van der Waals surface area contributed by atoms with E-state index in [2.05, 4.69) is 20.3 Å². The quantitative estimate of drug-likeness (QED) is 0.660. The lowest BCUT2D eigenvalue weighted by atomic mass is 10.1. The Labute approximate surface area is 160 Å². The monoisotopic (exact) mass is 384 g/mol. The molecular weight excluding hydrogens is 364 g/mol. The van der Waals surface area contributed by atoms with E-state index < -0.39 is 0 Å². The first-order valence-electron chi connectivity index (χ1n) is 8.67.